The van der Waals surface area contributed by atoms with Gasteiger partial charge >= 0.3 is 0 Å². The lowest BCUT2D eigenvalue weighted by Gasteiger charge is -2.38. The second-order valence-corrected chi connectivity index (χ2v) is 17.0. The maximum atomic E-state index is 15.1. The molecule has 0 saturated heterocycles. The van der Waals surface area contributed by atoms with E-state index >= 15 is 4.39 Å². The van der Waals surface area contributed by atoms with E-state index < -0.39 is 41.0 Å². The summed E-state index contributed by atoms with van der Waals surface area (Å²) < 4.78 is 69.1. The first-order chi connectivity index (χ1) is 14.8. The molecule has 0 aliphatic carbocycles. The Morgan fingerprint density at radius 3 is 2.28 bits per heavy atom. The van der Waals surface area contributed by atoms with Crippen molar-refractivity contribution in [3.63, 3.8) is 0 Å². The van der Waals surface area contributed by atoms with Gasteiger partial charge in [0.1, 0.15) is 11.1 Å². The summed E-state index contributed by atoms with van der Waals surface area (Å²) >= 11 is 5.93. The zero-order valence-electron chi connectivity index (χ0n) is 18.9. The molecule has 32 heavy (non-hydrogen) atoms. The average molecular weight is 503 g/mol. The van der Waals surface area contributed by atoms with E-state index in [9.17, 15) is 12.8 Å². The normalized spacial score (nSPS) is 19.8. The molecule has 0 radical (unpaired) electrons. The van der Waals surface area contributed by atoms with Gasteiger partial charge in [0.2, 0.25) is 0 Å². The summed E-state index contributed by atoms with van der Waals surface area (Å²) in [6.45, 7) is 10.6. The minimum absolute atomic E-state index is 0.0132. The van der Waals surface area contributed by atoms with Crippen molar-refractivity contribution in [2.75, 3.05) is 13.2 Å². The minimum Gasteiger partial charge on any atom is -0.490 e. The summed E-state index contributed by atoms with van der Waals surface area (Å²) in [6, 6.07) is 7.58. The molecule has 3 rings (SSSR count). The second-order valence-electron chi connectivity index (χ2n) is 9.66. The lowest BCUT2D eigenvalue weighted by molar-refractivity contribution is 0.199. The monoisotopic (exact) mass is 502 g/mol. The standard InChI is InChI=1S/C23H29ClF2O4SSi/c1-23(2,3)32(4,5)30-14-15-12-13-29-21-19(26)11-10-18(25)20(21)22(15)31(27,28)17-8-6-16(24)7-9-17/h6-11,15,22H,12-14H2,1-5H3. The number of fused-ring (bicyclic) bond motifs is 1. The highest BCUT2D eigenvalue weighted by Crippen LogP contribution is 2.46. The SMILES string of the molecule is CC(C)(C)[Si](C)(C)OCC1CCOc2c(F)ccc(F)c2C1S(=O)(=O)c1ccc(Cl)cc1. The molecule has 4 nitrogen and oxygen atoms in total. The van der Waals surface area contributed by atoms with E-state index in [-0.39, 0.29) is 40.9 Å². The van der Waals surface area contributed by atoms with Crippen LogP contribution in [0.2, 0.25) is 23.2 Å². The summed E-state index contributed by atoms with van der Waals surface area (Å²) in [7, 11) is -6.33. The van der Waals surface area contributed by atoms with E-state index in [0.717, 1.165) is 12.1 Å². The fourth-order valence-electron chi connectivity index (χ4n) is 3.54. The molecule has 0 aromatic heterocycles. The van der Waals surface area contributed by atoms with Gasteiger partial charge in [-0.1, -0.05) is 32.4 Å². The molecule has 2 aromatic carbocycles. The Morgan fingerprint density at radius 1 is 1.09 bits per heavy atom. The number of ether oxygens (including phenoxy) is 1. The summed E-state index contributed by atoms with van der Waals surface area (Å²) in [5.74, 6) is -2.57. The molecule has 0 N–H and O–H groups in total. The number of hydrogen-bond acceptors (Lipinski definition) is 4. The van der Waals surface area contributed by atoms with Crippen LogP contribution in [-0.4, -0.2) is 29.9 Å². The Balaban J connectivity index is 2.13. The molecule has 0 bridgehead atoms. The number of halogens is 3. The predicted octanol–water partition coefficient (Wildman–Crippen LogP) is 6.55. The molecule has 0 spiro atoms. The molecule has 2 atom stereocenters. The third kappa shape index (κ3) is 4.88. The Morgan fingerprint density at radius 2 is 1.69 bits per heavy atom. The van der Waals surface area contributed by atoms with Crippen LogP contribution < -0.4 is 4.74 Å². The van der Waals surface area contributed by atoms with Crippen LogP contribution in [0.5, 0.6) is 5.75 Å². The van der Waals surface area contributed by atoms with Gasteiger partial charge < -0.3 is 9.16 Å². The van der Waals surface area contributed by atoms with E-state index in [1.807, 2.05) is 0 Å². The van der Waals surface area contributed by atoms with E-state index in [1.165, 1.54) is 24.3 Å². The molecule has 2 unspecified atom stereocenters. The second kappa shape index (κ2) is 9.04. The van der Waals surface area contributed by atoms with Crippen molar-refractivity contribution in [1.29, 1.82) is 0 Å². The maximum absolute atomic E-state index is 15.1. The van der Waals surface area contributed by atoms with E-state index in [0.29, 0.717) is 5.02 Å². The molecular formula is C23H29ClF2O4SSi. The van der Waals surface area contributed by atoms with Crippen molar-refractivity contribution in [3.05, 3.63) is 58.6 Å². The Hall–Kier alpha value is -1.48. The first-order valence-corrected chi connectivity index (χ1v) is 15.3. The maximum Gasteiger partial charge on any atom is 0.191 e. The summed E-state index contributed by atoms with van der Waals surface area (Å²) in [4.78, 5) is -0.0132. The van der Waals surface area contributed by atoms with Gasteiger partial charge in [0.15, 0.2) is 29.7 Å². The molecule has 0 amide bonds. The van der Waals surface area contributed by atoms with Gasteiger partial charge in [-0.15, -0.1) is 0 Å². The molecule has 1 heterocycles. The molecule has 1 aliphatic heterocycles. The smallest absolute Gasteiger partial charge is 0.191 e. The minimum atomic E-state index is -4.12. The highest BCUT2D eigenvalue weighted by molar-refractivity contribution is 7.91. The van der Waals surface area contributed by atoms with Crippen LogP contribution >= 0.6 is 11.6 Å². The number of benzene rings is 2. The average Bonchev–Trinajstić information content (AvgIpc) is 2.90. The lowest BCUT2D eigenvalue weighted by atomic mass is 9.96. The van der Waals surface area contributed by atoms with Crippen molar-refractivity contribution in [1.82, 2.24) is 0 Å². The number of rotatable bonds is 5. The van der Waals surface area contributed by atoms with Crippen LogP contribution in [0.4, 0.5) is 8.78 Å². The van der Waals surface area contributed by atoms with E-state index in [4.69, 9.17) is 20.8 Å². The predicted molar refractivity (Wildman–Crippen MR) is 124 cm³/mol. The van der Waals surface area contributed by atoms with Crippen LogP contribution in [0.25, 0.3) is 0 Å². The number of hydrogen-bond donors (Lipinski definition) is 0. The van der Waals surface area contributed by atoms with Crippen molar-refractivity contribution < 1.29 is 26.4 Å². The largest absolute Gasteiger partial charge is 0.490 e. The summed E-state index contributed by atoms with van der Waals surface area (Å²) in [5.41, 5.74) is -0.277. The van der Waals surface area contributed by atoms with Crippen molar-refractivity contribution >= 4 is 29.8 Å². The van der Waals surface area contributed by atoms with Crippen LogP contribution in [0.15, 0.2) is 41.3 Å². The Kier molecular flexibility index (Phi) is 7.11. The third-order valence-electron chi connectivity index (χ3n) is 6.48. The van der Waals surface area contributed by atoms with E-state index in [1.54, 1.807) is 0 Å². The molecule has 0 saturated carbocycles. The number of sulfone groups is 1. The van der Waals surface area contributed by atoms with Gasteiger partial charge in [0.05, 0.1) is 17.1 Å². The highest BCUT2D eigenvalue weighted by Gasteiger charge is 2.44. The summed E-state index contributed by atoms with van der Waals surface area (Å²) in [5, 5.41) is -1.07. The van der Waals surface area contributed by atoms with Gasteiger partial charge in [-0.05, 0) is 61.0 Å². The van der Waals surface area contributed by atoms with Crippen LogP contribution in [0, 0.1) is 17.6 Å². The van der Waals surface area contributed by atoms with Gasteiger partial charge in [0, 0.05) is 17.5 Å². The summed E-state index contributed by atoms with van der Waals surface area (Å²) in [6.07, 6.45) is 0.277. The van der Waals surface area contributed by atoms with E-state index in [2.05, 4.69) is 33.9 Å². The fraction of sp³-hybridized carbons (Fsp3) is 0.478. The molecule has 176 valence electrons. The van der Waals surface area contributed by atoms with Crippen LogP contribution in [-0.2, 0) is 14.3 Å². The van der Waals surface area contributed by atoms with Crippen LogP contribution in [0.1, 0.15) is 38.0 Å². The zero-order chi connectivity index (χ0) is 23.9. The van der Waals surface area contributed by atoms with Gasteiger partial charge in [-0.2, -0.15) is 0 Å². The van der Waals surface area contributed by atoms with Gasteiger partial charge in [-0.25, -0.2) is 17.2 Å². The van der Waals surface area contributed by atoms with Crippen LogP contribution in [0.3, 0.4) is 0 Å². The molecule has 9 heteroatoms. The van der Waals surface area contributed by atoms with Crippen molar-refractivity contribution in [2.24, 2.45) is 5.92 Å². The lowest BCUT2D eigenvalue weighted by Crippen LogP contribution is -2.43. The molecular weight excluding hydrogens is 474 g/mol. The zero-order valence-corrected chi connectivity index (χ0v) is 21.5. The van der Waals surface area contributed by atoms with Gasteiger partial charge in [0.25, 0.3) is 0 Å². The quantitative estimate of drug-likeness (QED) is 0.435. The van der Waals surface area contributed by atoms with Crippen molar-refractivity contribution in [2.45, 2.75) is 55.5 Å². The Bertz CT molecular complexity index is 1080. The topological polar surface area (TPSA) is 52.6 Å². The van der Waals surface area contributed by atoms with Crippen molar-refractivity contribution in [3.8, 4) is 5.75 Å². The fourth-order valence-corrected chi connectivity index (χ4v) is 6.79. The Labute approximate surface area is 194 Å². The molecule has 1 aliphatic rings. The first-order valence-electron chi connectivity index (χ1n) is 10.5. The van der Waals surface area contributed by atoms with Gasteiger partial charge in [-0.3, -0.25) is 0 Å². The third-order valence-corrected chi connectivity index (χ3v) is 13.5. The molecule has 0 fully saturated rings. The molecule has 2 aromatic rings. The highest BCUT2D eigenvalue weighted by atomic mass is 35.5. The first kappa shape index (κ1) is 25.1.